The van der Waals surface area contributed by atoms with E-state index >= 15 is 0 Å². The summed E-state index contributed by atoms with van der Waals surface area (Å²) in [4.78, 5) is 9.56. The van der Waals surface area contributed by atoms with E-state index in [1.54, 1.807) is 0 Å². The van der Waals surface area contributed by atoms with Gasteiger partial charge in [-0.15, -0.1) is 0 Å². The number of nitrogens with two attached hydrogens (primary N) is 1. The molecule has 0 saturated carbocycles. The predicted octanol–water partition coefficient (Wildman–Crippen LogP) is 10.2. The maximum absolute atomic E-state index is 6.38. The monoisotopic (exact) mass is 595 g/mol. The van der Waals surface area contributed by atoms with Gasteiger partial charge >= 0.3 is 0 Å². The normalized spacial score (nSPS) is 12.1. The van der Waals surface area contributed by atoms with Gasteiger partial charge in [-0.25, -0.2) is 9.98 Å². The number of hydrogen-bond acceptors (Lipinski definition) is 1. The van der Waals surface area contributed by atoms with Crippen molar-refractivity contribution in [2.75, 3.05) is 0 Å². The molecule has 0 heterocycles. The third-order valence-electron chi connectivity index (χ3n) is 8.42. The van der Waals surface area contributed by atoms with Gasteiger partial charge in [0.25, 0.3) is 0 Å². The highest BCUT2D eigenvalue weighted by Crippen LogP contribution is 2.34. The number of nitrogens with zero attached hydrogens (tertiary/aromatic N) is 2. The zero-order valence-corrected chi connectivity index (χ0v) is 26.3. The molecule has 0 aliphatic carbocycles. The maximum Gasteiger partial charge on any atom is 0.162 e. The number of hydrogen-bond donors (Lipinski definition) is 1. The Morgan fingerprint density at radius 1 is 0.478 bits per heavy atom. The zero-order chi connectivity index (χ0) is 31.9. The highest BCUT2D eigenvalue weighted by molar-refractivity contribution is 6.12. The zero-order valence-electron chi connectivity index (χ0n) is 26.3. The molecule has 0 aromatic heterocycles. The molecule has 0 bridgehead atoms. The van der Waals surface area contributed by atoms with Crippen molar-refractivity contribution in [1.82, 2.24) is 0 Å². The highest BCUT2D eigenvalue weighted by atomic mass is 15.0. The Morgan fingerprint density at radius 2 is 0.935 bits per heavy atom. The lowest BCUT2D eigenvalue weighted by Gasteiger charge is -2.26. The van der Waals surface area contributed by atoms with Gasteiger partial charge in [0.2, 0.25) is 0 Å². The van der Waals surface area contributed by atoms with Crippen molar-refractivity contribution in [1.29, 1.82) is 0 Å². The van der Waals surface area contributed by atoms with Crippen LogP contribution in [0.25, 0.3) is 28.0 Å². The van der Waals surface area contributed by atoms with E-state index in [0.717, 1.165) is 16.7 Å². The molecule has 2 N–H and O–H groups in total. The molecule has 224 valence electrons. The molecular formula is C43H37N3. The fourth-order valence-corrected chi connectivity index (χ4v) is 5.56. The van der Waals surface area contributed by atoms with E-state index in [4.69, 9.17) is 15.7 Å². The molecule has 0 atom stereocenters. The first-order valence-corrected chi connectivity index (χ1v) is 15.5. The number of rotatable bonds is 8. The predicted molar refractivity (Wildman–Crippen MR) is 195 cm³/mol. The van der Waals surface area contributed by atoms with Crippen LogP contribution in [0, 0.1) is 0 Å². The van der Waals surface area contributed by atoms with Crippen LogP contribution in [0.3, 0.4) is 0 Å². The Balaban J connectivity index is 1.23. The summed E-state index contributed by atoms with van der Waals surface area (Å²) in [5, 5.41) is 0. The van der Waals surface area contributed by atoms with E-state index in [1.807, 2.05) is 66.7 Å². The Labute approximate surface area is 272 Å². The summed E-state index contributed by atoms with van der Waals surface area (Å²) in [6.07, 6.45) is 0. The van der Waals surface area contributed by atoms with Crippen LogP contribution < -0.4 is 5.73 Å². The maximum atomic E-state index is 6.38. The molecule has 46 heavy (non-hydrogen) atoms. The average molecular weight is 596 g/mol. The number of amidine groups is 2. The molecular weight excluding hydrogens is 558 g/mol. The van der Waals surface area contributed by atoms with Gasteiger partial charge in [0.1, 0.15) is 5.84 Å². The Morgan fingerprint density at radius 3 is 1.50 bits per heavy atom. The lowest BCUT2D eigenvalue weighted by atomic mass is 9.77. The van der Waals surface area contributed by atoms with Gasteiger partial charge in [-0.05, 0) is 45.0 Å². The van der Waals surface area contributed by atoms with Crippen LogP contribution in [0.15, 0.2) is 180 Å². The molecule has 0 saturated heterocycles. The average Bonchev–Trinajstić information content (AvgIpc) is 3.12. The second-order valence-electron chi connectivity index (χ2n) is 11.8. The van der Waals surface area contributed by atoms with Crippen LogP contribution in [0.4, 0.5) is 0 Å². The van der Waals surface area contributed by atoms with Crippen molar-refractivity contribution < 1.29 is 0 Å². The summed E-state index contributed by atoms with van der Waals surface area (Å²) >= 11 is 0. The summed E-state index contributed by atoms with van der Waals surface area (Å²) in [7, 11) is 0. The third kappa shape index (κ3) is 6.80. The third-order valence-corrected chi connectivity index (χ3v) is 8.42. The van der Waals surface area contributed by atoms with Gasteiger partial charge in [-0.2, -0.15) is 0 Å². The van der Waals surface area contributed by atoms with Crippen LogP contribution >= 0.6 is 0 Å². The van der Waals surface area contributed by atoms with Crippen molar-refractivity contribution in [2.24, 2.45) is 15.7 Å². The Bertz CT molecular complexity index is 1990. The molecule has 0 aliphatic heterocycles. The first-order chi connectivity index (χ1) is 22.4. The van der Waals surface area contributed by atoms with Crippen LogP contribution in [0.5, 0.6) is 0 Å². The minimum atomic E-state index is -0.197. The molecule has 3 nitrogen and oxygen atoms in total. The minimum absolute atomic E-state index is 0.197. The molecule has 0 radical (unpaired) electrons. The van der Waals surface area contributed by atoms with Gasteiger partial charge in [-0.3, -0.25) is 0 Å². The Hall–Kier alpha value is -5.80. The van der Waals surface area contributed by atoms with Crippen LogP contribution in [-0.4, -0.2) is 11.7 Å². The van der Waals surface area contributed by atoms with Crippen LogP contribution in [0.2, 0.25) is 0 Å². The van der Waals surface area contributed by atoms with Gasteiger partial charge in [0.05, 0.1) is 5.70 Å². The quantitative estimate of drug-likeness (QED) is 0.138. The van der Waals surface area contributed by atoms with E-state index in [-0.39, 0.29) is 5.41 Å². The summed E-state index contributed by atoms with van der Waals surface area (Å²) in [6, 6.07) is 56.2. The Kier molecular flexibility index (Phi) is 8.84. The molecule has 0 unspecified atom stereocenters. The van der Waals surface area contributed by atoms with Crippen molar-refractivity contribution >= 4 is 17.4 Å². The van der Waals surface area contributed by atoms with Crippen LogP contribution in [-0.2, 0) is 5.41 Å². The standard InChI is InChI=1S/C43H37N3/c1-31(45-42(36-18-11-6-12-19-36)46-41(44)35-16-9-5-10-17-35)32-22-26-39(27-23-32)43(2,3)40-28-24-34(25-29-40)38-21-13-20-37(30-38)33-14-7-4-8-15-33/h4-30H,1H2,2-3H3,(H2,44,45,46). The van der Waals surface area contributed by atoms with E-state index < -0.39 is 0 Å². The second kappa shape index (κ2) is 13.5. The van der Waals surface area contributed by atoms with Gasteiger partial charge in [0.15, 0.2) is 5.84 Å². The molecule has 6 aromatic carbocycles. The van der Waals surface area contributed by atoms with Crippen molar-refractivity contribution in [3.05, 3.63) is 198 Å². The largest absolute Gasteiger partial charge is 0.383 e. The van der Waals surface area contributed by atoms with Crippen molar-refractivity contribution in [3.63, 3.8) is 0 Å². The smallest absolute Gasteiger partial charge is 0.162 e. The van der Waals surface area contributed by atoms with Gasteiger partial charge in [0, 0.05) is 16.5 Å². The second-order valence-corrected chi connectivity index (χ2v) is 11.8. The molecule has 0 amide bonds. The minimum Gasteiger partial charge on any atom is -0.383 e. The fraction of sp³-hybridized carbons (Fsp3) is 0.0698. The highest BCUT2D eigenvalue weighted by Gasteiger charge is 2.23. The van der Waals surface area contributed by atoms with Gasteiger partial charge < -0.3 is 5.73 Å². The molecule has 3 heteroatoms. The lowest BCUT2D eigenvalue weighted by Crippen LogP contribution is -2.18. The molecule has 6 aromatic rings. The van der Waals surface area contributed by atoms with E-state index in [9.17, 15) is 0 Å². The van der Waals surface area contributed by atoms with Gasteiger partial charge in [-0.1, -0.05) is 178 Å². The summed E-state index contributed by atoms with van der Waals surface area (Å²) in [6.45, 7) is 8.80. The van der Waals surface area contributed by atoms with E-state index in [1.165, 1.54) is 33.4 Å². The topological polar surface area (TPSA) is 50.7 Å². The molecule has 6 rings (SSSR count). The first kappa shape index (κ1) is 30.2. The summed E-state index contributed by atoms with van der Waals surface area (Å²) in [5.74, 6) is 0.925. The summed E-state index contributed by atoms with van der Waals surface area (Å²) in [5.41, 5.74) is 16.8. The number of aliphatic imine (C=N–C) groups is 2. The molecule has 0 aliphatic rings. The van der Waals surface area contributed by atoms with Crippen molar-refractivity contribution in [2.45, 2.75) is 19.3 Å². The lowest BCUT2D eigenvalue weighted by molar-refractivity contribution is 0.641. The fourth-order valence-electron chi connectivity index (χ4n) is 5.56. The first-order valence-electron chi connectivity index (χ1n) is 15.5. The molecule has 0 fully saturated rings. The van der Waals surface area contributed by atoms with E-state index in [2.05, 4.69) is 117 Å². The van der Waals surface area contributed by atoms with E-state index in [0.29, 0.717) is 17.4 Å². The molecule has 0 spiro atoms. The number of benzene rings is 6. The summed E-state index contributed by atoms with van der Waals surface area (Å²) < 4.78 is 0. The van der Waals surface area contributed by atoms with Crippen LogP contribution in [0.1, 0.15) is 41.7 Å². The SMILES string of the molecule is C=C(N=C(N=C(N)c1ccccc1)c1ccccc1)c1ccc(C(C)(C)c2ccc(-c3cccc(-c4ccccc4)c3)cc2)cc1. The van der Waals surface area contributed by atoms with Crippen molar-refractivity contribution in [3.8, 4) is 22.3 Å².